The van der Waals surface area contributed by atoms with Gasteiger partial charge >= 0.3 is 0 Å². The van der Waals surface area contributed by atoms with E-state index < -0.39 is 11.8 Å². The number of hydrogen-bond donors (Lipinski definition) is 2. The number of para-hydroxylation sites is 1. The molecule has 2 N–H and O–H groups in total. The van der Waals surface area contributed by atoms with E-state index in [1.54, 1.807) is 30.4 Å². The molecule has 190 valence electrons. The number of hydrazine groups is 1. The van der Waals surface area contributed by atoms with Gasteiger partial charge in [-0.25, -0.2) is 9.97 Å². The summed E-state index contributed by atoms with van der Waals surface area (Å²) < 4.78 is 9.19. The number of piperidine rings is 1. The monoisotopic (exact) mass is 537 g/mol. The lowest BCUT2D eigenvalue weighted by Gasteiger charge is -2.31. The van der Waals surface area contributed by atoms with E-state index >= 15 is 0 Å². The summed E-state index contributed by atoms with van der Waals surface area (Å²) in [5, 5.41) is 7.14. The zero-order valence-electron chi connectivity index (χ0n) is 20.1. The van der Waals surface area contributed by atoms with E-state index in [1.807, 2.05) is 24.3 Å². The van der Waals surface area contributed by atoms with Gasteiger partial charge < -0.3 is 9.64 Å². The van der Waals surface area contributed by atoms with Gasteiger partial charge in [-0.05, 0) is 43.4 Å². The first-order valence-electron chi connectivity index (χ1n) is 11.5. The van der Waals surface area contributed by atoms with Crippen LogP contribution >= 0.6 is 22.9 Å². The molecule has 0 spiro atoms. The Morgan fingerprint density at radius 2 is 1.81 bits per heavy atom. The van der Waals surface area contributed by atoms with E-state index in [9.17, 15) is 14.4 Å². The number of thiazole rings is 1. The van der Waals surface area contributed by atoms with Crippen molar-refractivity contribution >= 4 is 51.5 Å². The molecule has 37 heavy (non-hydrogen) atoms. The summed E-state index contributed by atoms with van der Waals surface area (Å²) in [6, 6.07) is 9.25. The fourth-order valence-electron chi connectivity index (χ4n) is 4.17. The Hall–Kier alpha value is -3.97. The Labute approximate surface area is 220 Å². The molecule has 4 aromatic rings. The molecule has 3 amide bonds. The van der Waals surface area contributed by atoms with E-state index in [4.69, 9.17) is 4.74 Å². The molecular weight excluding hydrogens is 514 g/mol. The Bertz CT molecular complexity index is 1480. The number of carbonyl (C=O) groups excluding carboxylic acids is 3. The van der Waals surface area contributed by atoms with Gasteiger partial charge in [0.2, 0.25) is 0 Å². The zero-order chi connectivity index (χ0) is 25.9. The average Bonchev–Trinajstić information content (AvgIpc) is 3.60. The second kappa shape index (κ2) is 10.6. The third-order valence-electron chi connectivity index (χ3n) is 6.15. The first-order valence-corrected chi connectivity index (χ1v) is 13.2. The maximum absolute atomic E-state index is 13.2. The zero-order valence-corrected chi connectivity index (χ0v) is 21.7. The number of nitrogens with one attached hydrogen (secondary N) is 2. The number of rotatable bonds is 5. The number of aromatic nitrogens is 4. The standard InChI is InChI=1S/C24H23N7O4S2/c1-13-20(37-30-27-13)22(33)29-28-21(32)18-12-36-23(26-18)14-7-9-31(10-8-14)24(34)17-11-19(35-2)15-5-3-4-6-16(15)25-17/h3-6,11-12,14H,7-10H2,1-2H3,(H,28,32)(H,29,33). The summed E-state index contributed by atoms with van der Waals surface area (Å²) in [5.74, 6) is -0.367. The summed E-state index contributed by atoms with van der Waals surface area (Å²) >= 11 is 2.35. The van der Waals surface area contributed by atoms with Gasteiger partial charge in [0.15, 0.2) is 0 Å². The first kappa shape index (κ1) is 24.7. The Morgan fingerprint density at radius 3 is 2.54 bits per heavy atom. The summed E-state index contributed by atoms with van der Waals surface area (Å²) in [4.78, 5) is 48.9. The van der Waals surface area contributed by atoms with Crippen LogP contribution in [0.2, 0.25) is 0 Å². The Kier molecular flexibility index (Phi) is 7.06. The Balaban J connectivity index is 1.18. The van der Waals surface area contributed by atoms with E-state index in [0.717, 1.165) is 34.8 Å². The maximum atomic E-state index is 13.2. The van der Waals surface area contributed by atoms with Gasteiger partial charge in [0.25, 0.3) is 17.7 Å². The predicted molar refractivity (Wildman–Crippen MR) is 138 cm³/mol. The molecule has 0 aliphatic carbocycles. The van der Waals surface area contributed by atoms with Crippen LogP contribution < -0.4 is 15.6 Å². The van der Waals surface area contributed by atoms with Crippen molar-refractivity contribution in [2.45, 2.75) is 25.7 Å². The molecule has 0 unspecified atom stereocenters. The molecule has 1 aliphatic rings. The molecule has 0 saturated carbocycles. The molecule has 5 rings (SSSR count). The lowest BCUT2D eigenvalue weighted by atomic mass is 9.97. The first-order chi connectivity index (χ1) is 17.9. The van der Waals surface area contributed by atoms with E-state index in [1.165, 1.54) is 11.3 Å². The van der Waals surface area contributed by atoms with Crippen LogP contribution in [0.3, 0.4) is 0 Å². The van der Waals surface area contributed by atoms with Crippen molar-refractivity contribution in [2.24, 2.45) is 0 Å². The normalized spacial score (nSPS) is 13.9. The molecule has 1 aliphatic heterocycles. The quantitative estimate of drug-likeness (QED) is 0.371. The van der Waals surface area contributed by atoms with Gasteiger partial charge in [0.1, 0.15) is 22.0 Å². The fourth-order valence-corrected chi connectivity index (χ4v) is 5.69. The molecule has 0 bridgehead atoms. The van der Waals surface area contributed by atoms with E-state index in [0.29, 0.717) is 40.6 Å². The number of pyridine rings is 1. The van der Waals surface area contributed by atoms with Crippen molar-refractivity contribution < 1.29 is 19.1 Å². The van der Waals surface area contributed by atoms with Gasteiger partial charge in [-0.15, -0.1) is 16.4 Å². The number of likely N-dealkylation sites (tertiary alicyclic amines) is 1. The van der Waals surface area contributed by atoms with Gasteiger partial charge in [-0.3, -0.25) is 25.2 Å². The molecule has 1 aromatic carbocycles. The molecule has 1 saturated heterocycles. The van der Waals surface area contributed by atoms with E-state index in [2.05, 4.69) is 30.4 Å². The SMILES string of the molecule is COc1cc(C(=O)N2CCC(c3nc(C(=O)NNC(=O)c4snnc4C)cs3)CC2)nc2ccccc12. The molecule has 1 fully saturated rings. The molecule has 13 heteroatoms. The van der Waals surface area contributed by atoms with Crippen molar-refractivity contribution in [3.63, 3.8) is 0 Å². The Morgan fingerprint density at radius 1 is 1.05 bits per heavy atom. The highest BCUT2D eigenvalue weighted by Gasteiger charge is 2.28. The topological polar surface area (TPSA) is 139 Å². The average molecular weight is 538 g/mol. The largest absolute Gasteiger partial charge is 0.496 e. The molecular formula is C24H23N7O4S2. The number of amides is 3. The van der Waals surface area contributed by atoms with Crippen molar-refractivity contribution in [3.05, 3.63) is 62.7 Å². The van der Waals surface area contributed by atoms with Crippen LogP contribution in [0, 0.1) is 6.92 Å². The molecule has 0 radical (unpaired) electrons. The number of aryl methyl sites for hydroxylation is 1. The van der Waals surface area contributed by atoms with Gasteiger partial charge in [0.05, 0.1) is 23.3 Å². The number of nitrogens with zero attached hydrogens (tertiary/aromatic N) is 5. The third-order valence-corrected chi connectivity index (χ3v) is 7.98. The van der Waals surface area contributed by atoms with Crippen LogP contribution in [0.4, 0.5) is 0 Å². The van der Waals surface area contributed by atoms with Crippen molar-refractivity contribution in [3.8, 4) is 5.75 Å². The van der Waals surface area contributed by atoms with Crippen LogP contribution in [0.1, 0.15) is 60.1 Å². The number of benzene rings is 1. The fraction of sp³-hybridized carbons (Fsp3) is 0.292. The number of carbonyl (C=O) groups is 3. The van der Waals surface area contributed by atoms with Gasteiger partial charge in [-0.2, -0.15) is 0 Å². The second-order valence-corrected chi connectivity index (χ2v) is 10.1. The summed E-state index contributed by atoms with van der Waals surface area (Å²) in [5.41, 5.74) is 6.53. The highest BCUT2D eigenvalue weighted by molar-refractivity contribution is 7.10. The summed E-state index contributed by atoms with van der Waals surface area (Å²) in [7, 11) is 1.58. The van der Waals surface area contributed by atoms with Crippen molar-refractivity contribution in [2.75, 3.05) is 20.2 Å². The second-order valence-electron chi connectivity index (χ2n) is 8.46. The molecule has 3 aromatic heterocycles. The van der Waals surface area contributed by atoms with Crippen LogP contribution in [-0.4, -0.2) is 62.4 Å². The van der Waals surface area contributed by atoms with E-state index in [-0.39, 0.29) is 17.5 Å². The lowest BCUT2D eigenvalue weighted by Crippen LogP contribution is -2.41. The van der Waals surface area contributed by atoms with Crippen LogP contribution in [0.5, 0.6) is 5.75 Å². The third kappa shape index (κ3) is 5.13. The van der Waals surface area contributed by atoms with Crippen LogP contribution in [-0.2, 0) is 0 Å². The molecule has 11 nitrogen and oxygen atoms in total. The number of fused-ring (bicyclic) bond motifs is 1. The van der Waals surface area contributed by atoms with Crippen molar-refractivity contribution in [1.82, 2.24) is 35.3 Å². The van der Waals surface area contributed by atoms with Crippen LogP contribution in [0.15, 0.2) is 35.7 Å². The highest BCUT2D eigenvalue weighted by Crippen LogP contribution is 2.31. The molecule has 4 heterocycles. The predicted octanol–water partition coefficient (Wildman–Crippen LogP) is 2.95. The summed E-state index contributed by atoms with van der Waals surface area (Å²) in [6.45, 7) is 2.78. The minimum absolute atomic E-state index is 0.134. The number of methoxy groups -OCH3 is 1. The van der Waals surface area contributed by atoms with Crippen molar-refractivity contribution in [1.29, 1.82) is 0 Å². The maximum Gasteiger partial charge on any atom is 0.289 e. The number of hydrogen-bond acceptors (Lipinski definition) is 10. The number of ether oxygens (including phenoxy) is 1. The smallest absolute Gasteiger partial charge is 0.289 e. The summed E-state index contributed by atoms with van der Waals surface area (Å²) in [6.07, 6.45) is 1.44. The highest BCUT2D eigenvalue weighted by atomic mass is 32.1. The van der Waals surface area contributed by atoms with Gasteiger partial charge in [-0.1, -0.05) is 16.6 Å². The van der Waals surface area contributed by atoms with Gasteiger partial charge in [0, 0.05) is 35.8 Å². The van der Waals surface area contributed by atoms with Crippen LogP contribution in [0.25, 0.3) is 10.9 Å². The minimum Gasteiger partial charge on any atom is -0.496 e. The lowest BCUT2D eigenvalue weighted by molar-refractivity contribution is 0.0706. The molecule has 0 atom stereocenters. The minimum atomic E-state index is -0.505.